The molecule has 1 aliphatic rings. The van der Waals surface area contributed by atoms with Gasteiger partial charge in [-0.05, 0) is 47.7 Å². The maximum Gasteiger partial charge on any atom is 0.293 e. The topological polar surface area (TPSA) is 55.8 Å². The molecule has 1 aliphatic heterocycles. The second kappa shape index (κ2) is 10.7. The zero-order valence-electron chi connectivity index (χ0n) is 17.9. The van der Waals surface area contributed by atoms with Crippen molar-refractivity contribution in [3.63, 3.8) is 0 Å². The van der Waals surface area contributed by atoms with Crippen LogP contribution in [-0.2, 0) is 17.9 Å². The van der Waals surface area contributed by atoms with Crippen molar-refractivity contribution in [2.45, 2.75) is 13.2 Å². The van der Waals surface area contributed by atoms with Crippen molar-refractivity contribution in [2.75, 3.05) is 7.11 Å². The highest BCUT2D eigenvalue weighted by Crippen LogP contribution is 2.38. The zero-order chi connectivity index (χ0) is 24.2. The normalized spacial score (nSPS) is 14.7. The van der Waals surface area contributed by atoms with Gasteiger partial charge in [0.25, 0.3) is 11.1 Å². The number of ether oxygens (including phenoxy) is 2. The van der Waals surface area contributed by atoms with Crippen LogP contribution in [0.15, 0.2) is 65.6 Å². The number of carbonyl (C=O) groups excluding carboxylic acids is 2. The molecule has 0 aromatic heterocycles. The first kappa shape index (κ1) is 24.5. The van der Waals surface area contributed by atoms with Crippen LogP contribution in [-0.4, -0.2) is 23.2 Å². The fraction of sp³-hybridized carbons (Fsp3) is 0.120. The van der Waals surface area contributed by atoms with Crippen LogP contribution in [0.3, 0.4) is 0 Å². The highest BCUT2D eigenvalue weighted by molar-refractivity contribution is 8.18. The van der Waals surface area contributed by atoms with Gasteiger partial charge >= 0.3 is 0 Å². The molecule has 0 aliphatic carbocycles. The monoisotopic (exact) mass is 533 g/mol. The molecule has 5 nitrogen and oxygen atoms in total. The lowest BCUT2D eigenvalue weighted by Gasteiger charge is -2.15. The van der Waals surface area contributed by atoms with E-state index in [4.69, 9.17) is 44.3 Å². The van der Waals surface area contributed by atoms with E-state index in [0.717, 1.165) is 17.3 Å². The van der Waals surface area contributed by atoms with E-state index < -0.39 is 5.91 Å². The lowest BCUT2D eigenvalue weighted by Crippen LogP contribution is -2.27. The first-order valence-electron chi connectivity index (χ1n) is 10.1. The van der Waals surface area contributed by atoms with Gasteiger partial charge in [-0.2, -0.15) is 0 Å². The van der Waals surface area contributed by atoms with Crippen molar-refractivity contribution in [3.8, 4) is 11.5 Å². The predicted molar refractivity (Wildman–Crippen MR) is 137 cm³/mol. The average molecular weight is 535 g/mol. The maximum absolute atomic E-state index is 13.0. The highest BCUT2D eigenvalue weighted by Gasteiger charge is 2.35. The number of hydrogen-bond acceptors (Lipinski definition) is 5. The standard InChI is InChI=1S/C25H18Cl3NO4S/c1-32-21-8-4-6-16(23(21)33-14-17-5-2-3-7-18(17)26)12-22-24(30)29(25(31)34-22)13-15-9-10-19(27)20(28)11-15/h2-12H,13-14H2,1H3/b22-12-. The molecule has 0 spiro atoms. The number of rotatable bonds is 7. The number of nitrogens with zero attached hydrogens (tertiary/aromatic N) is 1. The van der Waals surface area contributed by atoms with E-state index in [0.29, 0.717) is 37.7 Å². The van der Waals surface area contributed by atoms with Gasteiger partial charge in [0.2, 0.25) is 0 Å². The van der Waals surface area contributed by atoms with Crippen molar-refractivity contribution < 1.29 is 19.1 Å². The summed E-state index contributed by atoms with van der Waals surface area (Å²) in [5.74, 6) is 0.540. The van der Waals surface area contributed by atoms with Crippen molar-refractivity contribution in [1.82, 2.24) is 4.90 Å². The third-order valence-electron chi connectivity index (χ3n) is 5.04. The Hall–Kier alpha value is -2.64. The quantitative estimate of drug-likeness (QED) is 0.294. The molecular weight excluding hydrogens is 517 g/mol. The second-order valence-corrected chi connectivity index (χ2v) is 9.49. The van der Waals surface area contributed by atoms with Gasteiger partial charge in [0.15, 0.2) is 11.5 Å². The highest BCUT2D eigenvalue weighted by atomic mass is 35.5. The Balaban J connectivity index is 1.59. The van der Waals surface area contributed by atoms with Crippen molar-refractivity contribution in [3.05, 3.63) is 97.3 Å². The molecule has 0 atom stereocenters. The summed E-state index contributed by atoms with van der Waals surface area (Å²) in [5, 5.41) is 0.978. The lowest BCUT2D eigenvalue weighted by molar-refractivity contribution is -0.123. The van der Waals surface area contributed by atoms with Crippen LogP contribution in [0.25, 0.3) is 6.08 Å². The molecule has 9 heteroatoms. The van der Waals surface area contributed by atoms with E-state index in [1.54, 1.807) is 48.5 Å². The molecule has 4 rings (SSSR count). The summed E-state index contributed by atoms with van der Waals surface area (Å²) < 4.78 is 11.5. The molecule has 1 heterocycles. The molecule has 3 aromatic carbocycles. The van der Waals surface area contributed by atoms with Crippen molar-refractivity contribution in [1.29, 1.82) is 0 Å². The Bertz CT molecular complexity index is 1290. The Labute approximate surface area is 216 Å². The molecule has 1 fully saturated rings. The molecule has 2 amide bonds. The van der Waals surface area contributed by atoms with Gasteiger partial charge in [0.05, 0.1) is 28.6 Å². The van der Waals surface area contributed by atoms with Crippen molar-refractivity contribution in [2.24, 2.45) is 0 Å². The van der Waals surface area contributed by atoms with Gasteiger partial charge in [0.1, 0.15) is 6.61 Å². The van der Waals surface area contributed by atoms with Gasteiger partial charge in [-0.25, -0.2) is 0 Å². The summed E-state index contributed by atoms with van der Waals surface area (Å²) in [6.45, 7) is 0.298. The van der Waals surface area contributed by atoms with E-state index >= 15 is 0 Å². The van der Waals surface area contributed by atoms with Gasteiger partial charge in [-0.3, -0.25) is 14.5 Å². The van der Waals surface area contributed by atoms with E-state index in [2.05, 4.69) is 0 Å². The van der Waals surface area contributed by atoms with Crippen LogP contribution in [0.2, 0.25) is 15.1 Å². The summed E-state index contributed by atoms with van der Waals surface area (Å²) in [6, 6.07) is 17.7. The number of hydrogen-bond donors (Lipinski definition) is 0. The third-order valence-corrected chi connectivity index (χ3v) is 7.06. The van der Waals surface area contributed by atoms with Crippen LogP contribution in [0.1, 0.15) is 16.7 Å². The molecule has 1 saturated heterocycles. The Morgan fingerprint density at radius 2 is 1.74 bits per heavy atom. The predicted octanol–water partition coefficient (Wildman–Crippen LogP) is 7.47. The summed E-state index contributed by atoms with van der Waals surface area (Å²) >= 11 is 19.1. The fourth-order valence-electron chi connectivity index (χ4n) is 3.33. The molecular formula is C25H18Cl3NO4S. The molecule has 0 saturated carbocycles. The summed E-state index contributed by atoms with van der Waals surface area (Å²) in [4.78, 5) is 27.1. The first-order chi connectivity index (χ1) is 16.4. The van der Waals surface area contributed by atoms with Gasteiger partial charge in [0, 0.05) is 16.1 Å². The van der Waals surface area contributed by atoms with E-state index in [1.165, 1.54) is 12.0 Å². The number of amides is 2. The number of benzene rings is 3. The molecule has 34 heavy (non-hydrogen) atoms. The van der Waals surface area contributed by atoms with Crippen LogP contribution in [0.4, 0.5) is 4.79 Å². The summed E-state index contributed by atoms with van der Waals surface area (Å²) in [5.41, 5.74) is 2.11. The largest absolute Gasteiger partial charge is 0.493 e. The molecule has 174 valence electrons. The summed E-state index contributed by atoms with van der Waals surface area (Å²) in [6.07, 6.45) is 1.63. The van der Waals surface area contributed by atoms with E-state index in [-0.39, 0.29) is 23.3 Å². The van der Waals surface area contributed by atoms with Gasteiger partial charge < -0.3 is 9.47 Å². The first-order valence-corrected chi connectivity index (χ1v) is 12.0. The van der Waals surface area contributed by atoms with E-state index in [9.17, 15) is 9.59 Å². The number of carbonyl (C=O) groups is 2. The Kier molecular flexibility index (Phi) is 7.73. The molecule has 0 N–H and O–H groups in total. The SMILES string of the molecule is COc1cccc(/C=C2\SC(=O)N(Cc3ccc(Cl)c(Cl)c3)C2=O)c1OCc1ccccc1Cl. The molecule has 0 radical (unpaired) electrons. The van der Waals surface area contributed by atoms with Crippen LogP contribution >= 0.6 is 46.6 Å². The minimum atomic E-state index is -0.402. The third kappa shape index (κ3) is 5.36. The van der Waals surface area contributed by atoms with Crippen LogP contribution in [0.5, 0.6) is 11.5 Å². The molecule has 0 unspecified atom stereocenters. The van der Waals surface area contributed by atoms with Crippen molar-refractivity contribution >= 4 is 63.8 Å². The molecule has 3 aromatic rings. The van der Waals surface area contributed by atoms with E-state index in [1.807, 2.05) is 18.2 Å². The van der Waals surface area contributed by atoms with Crippen LogP contribution in [0, 0.1) is 0 Å². The second-order valence-electron chi connectivity index (χ2n) is 7.28. The zero-order valence-corrected chi connectivity index (χ0v) is 21.0. The van der Waals surface area contributed by atoms with Gasteiger partial charge in [-0.1, -0.05) is 71.2 Å². The number of methoxy groups -OCH3 is 1. The smallest absolute Gasteiger partial charge is 0.293 e. The average Bonchev–Trinajstić information content (AvgIpc) is 3.08. The van der Waals surface area contributed by atoms with Gasteiger partial charge in [-0.15, -0.1) is 0 Å². The molecule has 0 bridgehead atoms. The number of thioether (sulfide) groups is 1. The maximum atomic E-state index is 13.0. The number of imide groups is 1. The van der Waals surface area contributed by atoms with Crippen LogP contribution < -0.4 is 9.47 Å². The Morgan fingerprint density at radius 3 is 2.47 bits per heavy atom. The number of para-hydroxylation sites is 1. The fourth-order valence-corrected chi connectivity index (χ4v) is 4.67. The minimum Gasteiger partial charge on any atom is -0.493 e. The summed E-state index contributed by atoms with van der Waals surface area (Å²) in [7, 11) is 1.53. The lowest BCUT2D eigenvalue weighted by atomic mass is 10.1. The Morgan fingerprint density at radius 1 is 0.941 bits per heavy atom. The minimum absolute atomic E-state index is 0.0901. The number of halogens is 3.